The van der Waals surface area contributed by atoms with Crippen LogP contribution in [0.25, 0.3) is 0 Å². The van der Waals surface area contributed by atoms with Gasteiger partial charge in [-0.15, -0.1) is 0 Å². The molecule has 21 heavy (non-hydrogen) atoms. The fourth-order valence-corrected chi connectivity index (χ4v) is 2.83. The Balaban J connectivity index is 2.28. The molecule has 108 valence electrons. The van der Waals surface area contributed by atoms with Gasteiger partial charge in [-0.25, -0.2) is 8.42 Å². The summed E-state index contributed by atoms with van der Waals surface area (Å²) in [6, 6.07) is 14.1. The van der Waals surface area contributed by atoms with E-state index in [0.29, 0.717) is 16.8 Å². The zero-order valence-corrected chi connectivity index (χ0v) is 12.1. The van der Waals surface area contributed by atoms with Crippen molar-refractivity contribution in [2.75, 3.05) is 4.72 Å². The van der Waals surface area contributed by atoms with Crippen LogP contribution in [0.4, 0.5) is 5.69 Å². The molecule has 6 heteroatoms. The second kappa shape index (κ2) is 5.95. The number of hydrogen-bond donors (Lipinski definition) is 2. The number of aliphatic hydroxyl groups is 1. The first-order chi connectivity index (χ1) is 9.92. The predicted molar refractivity (Wildman–Crippen MR) is 79.0 cm³/mol. The van der Waals surface area contributed by atoms with Gasteiger partial charge in [-0.05, 0) is 48.9 Å². The molecule has 5 nitrogen and oxygen atoms in total. The maximum Gasteiger partial charge on any atom is 0.261 e. The molecule has 0 unspecified atom stereocenters. The van der Waals surface area contributed by atoms with E-state index in [1.54, 1.807) is 31.2 Å². The van der Waals surface area contributed by atoms with Crippen LogP contribution in [0.15, 0.2) is 53.4 Å². The van der Waals surface area contributed by atoms with Crippen molar-refractivity contribution in [1.29, 1.82) is 5.26 Å². The van der Waals surface area contributed by atoms with Crippen molar-refractivity contribution in [3.05, 3.63) is 59.7 Å². The Kier molecular flexibility index (Phi) is 4.26. The molecule has 0 spiro atoms. The van der Waals surface area contributed by atoms with E-state index in [4.69, 9.17) is 5.26 Å². The summed E-state index contributed by atoms with van der Waals surface area (Å²) in [5.41, 5.74) is 1.39. The van der Waals surface area contributed by atoms with Crippen LogP contribution in [0.5, 0.6) is 0 Å². The van der Waals surface area contributed by atoms with Crippen molar-refractivity contribution in [3.63, 3.8) is 0 Å². The molecular weight excluding hydrogens is 288 g/mol. The number of nitrogens with one attached hydrogen (secondary N) is 1. The SMILES string of the molecule is C[C@@H](O)c1cccc(NS(=O)(=O)c2ccc(C#N)cc2)c1. The van der Waals surface area contributed by atoms with Crippen molar-refractivity contribution >= 4 is 15.7 Å². The van der Waals surface area contributed by atoms with E-state index in [9.17, 15) is 13.5 Å². The van der Waals surface area contributed by atoms with E-state index in [1.165, 1.54) is 24.3 Å². The van der Waals surface area contributed by atoms with E-state index in [2.05, 4.69) is 4.72 Å². The van der Waals surface area contributed by atoms with E-state index in [0.717, 1.165) is 0 Å². The number of rotatable bonds is 4. The summed E-state index contributed by atoms with van der Waals surface area (Å²) in [6.45, 7) is 1.61. The molecule has 0 radical (unpaired) electrons. The molecule has 2 rings (SSSR count). The Labute approximate surface area is 123 Å². The fourth-order valence-electron chi connectivity index (χ4n) is 1.78. The molecule has 2 aromatic rings. The number of anilines is 1. The van der Waals surface area contributed by atoms with Crippen LogP contribution in [0.3, 0.4) is 0 Å². The van der Waals surface area contributed by atoms with Gasteiger partial charge in [-0.1, -0.05) is 12.1 Å². The molecule has 0 fully saturated rings. The Morgan fingerprint density at radius 3 is 2.43 bits per heavy atom. The molecule has 2 aromatic carbocycles. The van der Waals surface area contributed by atoms with Gasteiger partial charge in [0.05, 0.1) is 22.6 Å². The van der Waals surface area contributed by atoms with E-state index < -0.39 is 16.1 Å². The molecule has 0 bridgehead atoms. The number of aliphatic hydroxyl groups excluding tert-OH is 1. The van der Waals surface area contributed by atoms with Crippen molar-refractivity contribution < 1.29 is 13.5 Å². The first-order valence-electron chi connectivity index (χ1n) is 6.23. The van der Waals surface area contributed by atoms with Crippen LogP contribution in [-0.2, 0) is 10.0 Å². The molecule has 0 aromatic heterocycles. The Bertz CT molecular complexity index is 775. The lowest BCUT2D eigenvalue weighted by atomic mass is 10.1. The topological polar surface area (TPSA) is 90.2 Å². The predicted octanol–water partition coefficient (Wildman–Crippen LogP) is 2.41. The highest BCUT2D eigenvalue weighted by Gasteiger charge is 2.14. The fraction of sp³-hybridized carbons (Fsp3) is 0.133. The zero-order valence-electron chi connectivity index (χ0n) is 11.3. The normalized spacial score (nSPS) is 12.4. The highest BCUT2D eigenvalue weighted by molar-refractivity contribution is 7.92. The minimum Gasteiger partial charge on any atom is -0.389 e. The lowest BCUT2D eigenvalue weighted by molar-refractivity contribution is 0.199. The van der Waals surface area contributed by atoms with Gasteiger partial charge in [0.2, 0.25) is 0 Å². The summed E-state index contributed by atoms with van der Waals surface area (Å²) in [6.07, 6.45) is -0.677. The molecule has 0 aliphatic heterocycles. The molecule has 0 saturated carbocycles. The molecule has 0 saturated heterocycles. The number of sulfonamides is 1. The van der Waals surface area contributed by atoms with Crippen LogP contribution < -0.4 is 4.72 Å². The minimum absolute atomic E-state index is 0.0731. The third-order valence-electron chi connectivity index (χ3n) is 2.91. The average Bonchev–Trinajstić information content (AvgIpc) is 2.47. The highest BCUT2D eigenvalue weighted by atomic mass is 32.2. The summed E-state index contributed by atoms with van der Waals surface area (Å²) in [4.78, 5) is 0.0731. The van der Waals surface area contributed by atoms with E-state index >= 15 is 0 Å². The third kappa shape index (κ3) is 3.60. The molecule has 1 atom stereocenters. The molecular formula is C15H14N2O3S. The van der Waals surface area contributed by atoms with Crippen molar-refractivity contribution in [1.82, 2.24) is 0 Å². The van der Waals surface area contributed by atoms with Crippen LogP contribution >= 0.6 is 0 Å². The van der Waals surface area contributed by atoms with E-state index in [-0.39, 0.29) is 4.90 Å². The zero-order chi connectivity index (χ0) is 15.5. The van der Waals surface area contributed by atoms with Crippen LogP contribution in [-0.4, -0.2) is 13.5 Å². The van der Waals surface area contributed by atoms with Crippen LogP contribution in [0.1, 0.15) is 24.2 Å². The van der Waals surface area contributed by atoms with Crippen molar-refractivity contribution in [2.45, 2.75) is 17.9 Å². The molecule has 0 aliphatic carbocycles. The van der Waals surface area contributed by atoms with Gasteiger partial charge >= 0.3 is 0 Å². The summed E-state index contributed by atoms with van der Waals surface area (Å²) >= 11 is 0. The number of benzene rings is 2. The minimum atomic E-state index is -3.72. The van der Waals surface area contributed by atoms with Gasteiger partial charge in [-0.3, -0.25) is 4.72 Å². The molecule has 0 amide bonds. The lowest BCUT2D eigenvalue weighted by Crippen LogP contribution is -2.13. The van der Waals surface area contributed by atoms with Crippen molar-refractivity contribution in [2.24, 2.45) is 0 Å². The Morgan fingerprint density at radius 2 is 1.86 bits per heavy atom. The summed E-state index contributed by atoms with van der Waals surface area (Å²) < 4.78 is 26.9. The smallest absolute Gasteiger partial charge is 0.261 e. The highest BCUT2D eigenvalue weighted by Crippen LogP contribution is 2.20. The van der Waals surface area contributed by atoms with Gasteiger partial charge in [-0.2, -0.15) is 5.26 Å². The standard InChI is InChI=1S/C15H14N2O3S/c1-11(18)13-3-2-4-14(9-13)17-21(19,20)15-7-5-12(10-16)6-8-15/h2-9,11,17-18H,1H3/t11-/m1/s1. The van der Waals surface area contributed by atoms with Gasteiger partial charge in [0.15, 0.2) is 0 Å². The molecule has 0 heterocycles. The van der Waals surface area contributed by atoms with Gasteiger partial charge in [0.25, 0.3) is 10.0 Å². The first kappa shape index (κ1) is 15.0. The third-order valence-corrected chi connectivity index (χ3v) is 4.31. The number of hydrogen-bond acceptors (Lipinski definition) is 4. The second-order valence-electron chi connectivity index (χ2n) is 4.54. The average molecular weight is 302 g/mol. The summed E-state index contributed by atoms with van der Waals surface area (Å²) in [7, 11) is -3.72. The van der Waals surface area contributed by atoms with E-state index in [1.807, 2.05) is 6.07 Å². The lowest BCUT2D eigenvalue weighted by Gasteiger charge is -2.10. The largest absolute Gasteiger partial charge is 0.389 e. The summed E-state index contributed by atoms with van der Waals surface area (Å²) in [5.74, 6) is 0. The second-order valence-corrected chi connectivity index (χ2v) is 6.23. The molecule has 0 aliphatic rings. The van der Waals surface area contributed by atoms with Crippen LogP contribution in [0.2, 0.25) is 0 Å². The monoisotopic (exact) mass is 302 g/mol. The summed E-state index contributed by atoms with van der Waals surface area (Å²) in [5, 5.41) is 18.2. The Hall–Kier alpha value is -2.36. The quantitative estimate of drug-likeness (QED) is 0.907. The maximum atomic E-state index is 12.2. The molecule has 2 N–H and O–H groups in total. The maximum absolute atomic E-state index is 12.2. The first-order valence-corrected chi connectivity index (χ1v) is 7.72. The van der Waals surface area contributed by atoms with Gasteiger partial charge in [0, 0.05) is 5.69 Å². The van der Waals surface area contributed by atoms with Gasteiger partial charge < -0.3 is 5.11 Å². The van der Waals surface area contributed by atoms with Crippen molar-refractivity contribution in [3.8, 4) is 6.07 Å². The van der Waals surface area contributed by atoms with Gasteiger partial charge in [0.1, 0.15) is 0 Å². The van der Waals surface area contributed by atoms with Crippen LogP contribution in [0, 0.1) is 11.3 Å². The Morgan fingerprint density at radius 1 is 1.19 bits per heavy atom. The number of nitrogens with zero attached hydrogens (tertiary/aromatic N) is 1. The number of nitriles is 1.